The van der Waals surface area contributed by atoms with Crippen LogP contribution in [-0.4, -0.2) is 19.9 Å². The van der Waals surface area contributed by atoms with Crippen LogP contribution in [0.1, 0.15) is 164 Å². The Hall–Kier alpha value is -12.8. The van der Waals surface area contributed by atoms with Crippen molar-refractivity contribution < 1.29 is 4.57 Å². The third-order valence-corrected chi connectivity index (χ3v) is 33.0. The summed E-state index contributed by atoms with van der Waals surface area (Å²) in [5.74, 6) is 0. The topological polar surface area (TPSA) is 55.4 Å². The maximum absolute atomic E-state index is 5.28. The van der Waals surface area contributed by atoms with Gasteiger partial charge in [-0.3, -0.25) is 15.0 Å². The molecule has 124 heavy (non-hydrogen) atoms. The zero-order valence-electron chi connectivity index (χ0n) is 75.1. The average molecular weight is 1610 g/mol. The van der Waals surface area contributed by atoms with Gasteiger partial charge < -0.3 is 0 Å². The quantitative estimate of drug-likeness (QED) is 0.102. The Labute approximate surface area is 734 Å². The minimum absolute atomic E-state index is 0.0148. The molecule has 0 atom stereocenters. The van der Waals surface area contributed by atoms with Crippen LogP contribution in [0.5, 0.6) is 0 Å². The molecule has 20 rings (SSSR count). The van der Waals surface area contributed by atoms with Crippen molar-refractivity contribution in [1.82, 2.24) is 19.9 Å². The summed E-state index contributed by atoms with van der Waals surface area (Å²) in [6.45, 7) is 44.2. The second-order valence-electron chi connectivity index (χ2n) is 40.5. The Bertz CT molecular complexity index is 6800. The lowest BCUT2D eigenvalue weighted by Crippen LogP contribution is -2.42. The fourth-order valence-electron chi connectivity index (χ4n) is 21.8. The first kappa shape index (κ1) is 79.6. The number of pyridine rings is 3. The van der Waals surface area contributed by atoms with Crippen LogP contribution in [0.25, 0.3) is 168 Å². The number of rotatable bonds is 14. The summed E-state index contributed by atoms with van der Waals surface area (Å²) in [6.07, 6.45) is 8.23. The van der Waals surface area contributed by atoms with Gasteiger partial charge in [0.2, 0.25) is 0 Å². The minimum atomic E-state index is -0.0148. The number of hydrogen-bond acceptors (Lipinski definition) is 4. The molecule has 0 saturated carbocycles. The molecule has 0 bridgehead atoms. The van der Waals surface area contributed by atoms with Crippen molar-refractivity contribution in [3.05, 3.63) is 367 Å². The van der Waals surface area contributed by atoms with E-state index in [1.54, 1.807) is 0 Å². The molecule has 1 aliphatic heterocycles. The highest BCUT2D eigenvalue weighted by Gasteiger charge is 2.59. The summed E-state index contributed by atoms with van der Waals surface area (Å²) >= 11 is 0. The van der Waals surface area contributed by atoms with Gasteiger partial charge in [-0.15, -0.1) is 0 Å². The van der Waals surface area contributed by atoms with Gasteiger partial charge in [-0.2, -0.15) is 0 Å². The molecule has 0 fully saturated rings. The van der Waals surface area contributed by atoms with Crippen LogP contribution >= 0.6 is 0 Å². The standard InChI is InChI=1S/C119H110N5/c1-111(2)100-54-47-79(65-103(100)114(7,8)117(111,13)14)106-57-50-82(69-120-106)93-36-23-22-34-91(93)77-31-29-30-76(60-77)90-33-20-21-35-92(90)78-46-53-99-88(61-78)72-124-73-123-109(68-110(99)124)75-44-42-74(43-45-75)89-32-19-26-39-96(89)85-62-86(97-40-27-24-37-94(97)83-51-58-107(121-70-83)80-48-55-101-104(66-80)115(9,10)118(15,16)112(101,3)4)64-87(63-85)98-41-28-25-38-95(98)84-52-59-108(122-71-84)81-49-56-102-105(67-81)116(11,12)119(17,18)113(102,5)6/h19-71,73H,72H2,1-18H3/q+1. The average Bonchev–Trinajstić information content (AvgIpc) is 1.55. The van der Waals surface area contributed by atoms with Crippen LogP contribution in [0.15, 0.2) is 328 Å². The highest BCUT2D eigenvalue weighted by atomic mass is 15.0. The van der Waals surface area contributed by atoms with Gasteiger partial charge in [0.15, 0.2) is 5.69 Å². The van der Waals surface area contributed by atoms with Crippen molar-refractivity contribution in [2.75, 3.05) is 0 Å². The van der Waals surface area contributed by atoms with E-state index in [1.165, 1.54) is 72.3 Å². The lowest BCUT2D eigenvalue weighted by atomic mass is 9.59. The normalized spacial score (nSPS) is 16.9. The highest BCUT2D eigenvalue weighted by Crippen LogP contribution is 2.65. The molecule has 0 spiro atoms. The van der Waals surface area contributed by atoms with Crippen molar-refractivity contribution >= 4 is 0 Å². The molecule has 5 heterocycles. The molecule has 12 aromatic carbocycles. The Kier molecular flexibility index (Phi) is 18.4. The zero-order valence-corrected chi connectivity index (χ0v) is 75.1. The van der Waals surface area contributed by atoms with Gasteiger partial charge in [-0.25, -0.2) is 4.57 Å². The maximum atomic E-state index is 5.28. The third-order valence-electron chi connectivity index (χ3n) is 33.0. The van der Waals surface area contributed by atoms with Gasteiger partial charge in [0.1, 0.15) is 12.2 Å². The van der Waals surface area contributed by atoms with E-state index >= 15 is 0 Å². The Morgan fingerprint density at radius 2 is 0.468 bits per heavy atom. The van der Waals surface area contributed by atoms with E-state index in [-0.39, 0.29) is 48.7 Å². The van der Waals surface area contributed by atoms with Gasteiger partial charge in [-0.1, -0.05) is 337 Å². The fraction of sp³-hybridized carbons (Fsp3) is 0.235. The second-order valence-corrected chi connectivity index (χ2v) is 40.5. The second kappa shape index (κ2) is 28.6. The molecule has 4 aromatic heterocycles. The number of benzene rings is 12. The van der Waals surface area contributed by atoms with Gasteiger partial charge in [-0.05, 0) is 267 Å². The predicted molar refractivity (Wildman–Crippen MR) is 518 cm³/mol. The molecule has 0 unspecified atom stereocenters. The van der Waals surface area contributed by atoms with Gasteiger partial charge >= 0.3 is 0 Å². The van der Waals surface area contributed by atoms with Crippen molar-refractivity contribution in [2.45, 2.75) is 164 Å². The molecule has 0 radical (unpaired) electrons. The summed E-state index contributed by atoms with van der Waals surface area (Å²) in [5, 5.41) is 0. The molecule has 0 N–H and O–H groups in total. The first-order valence-corrected chi connectivity index (χ1v) is 44.5. The Balaban J connectivity index is 0.599. The molecule has 4 aliphatic rings. The van der Waals surface area contributed by atoms with Gasteiger partial charge in [0.05, 0.1) is 17.1 Å². The molecule has 5 heteroatoms. The number of nitrogens with zero attached hydrogens (tertiary/aromatic N) is 5. The van der Waals surface area contributed by atoms with Crippen LogP contribution in [0.2, 0.25) is 0 Å². The van der Waals surface area contributed by atoms with Crippen LogP contribution in [0.4, 0.5) is 0 Å². The molecular weight excluding hydrogens is 1500 g/mol. The molecule has 5 nitrogen and oxygen atoms in total. The first-order valence-electron chi connectivity index (χ1n) is 44.5. The maximum Gasteiger partial charge on any atom is 0.287 e. The summed E-state index contributed by atoms with van der Waals surface area (Å²) in [7, 11) is 0. The highest BCUT2D eigenvalue weighted by molar-refractivity contribution is 5.96. The van der Waals surface area contributed by atoms with Crippen molar-refractivity contribution in [1.29, 1.82) is 0 Å². The SMILES string of the molecule is CC1(C)c2ccc(-c3ccc(-c4ccccc4-c4cccc(-c5ccccc5-c5ccc6c(c5)C[n+]5cnc(-c7ccc(-c8ccccc8-c8cc(-c9ccccc9-c9ccc(-c%10ccc%11c(c%10)C(C)(C)C(C)(C)C%11(C)C)nc9)cc(-c9ccccc9-c9ccc(-c%10ccc%11c(c%10)C(C)(C)C(C)(C)C%11(C)C)nc9)c8)cc7)cc5-6)c4)cn3)cc2C(C)(C)C1(C)C. The number of hydrogen-bond donors (Lipinski definition) is 0. The van der Waals surface area contributed by atoms with Crippen molar-refractivity contribution in [3.8, 4) is 168 Å². The van der Waals surface area contributed by atoms with E-state index in [0.717, 1.165) is 141 Å². The Morgan fingerprint density at radius 3 is 0.806 bits per heavy atom. The van der Waals surface area contributed by atoms with Gasteiger partial charge in [0.25, 0.3) is 6.33 Å². The van der Waals surface area contributed by atoms with Crippen LogP contribution in [0, 0.1) is 16.2 Å². The number of aromatic nitrogens is 5. The molecule has 16 aromatic rings. The molecular formula is C119H110N5+. The van der Waals surface area contributed by atoms with E-state index in [4.69, 9.17) is 19.9 Å². The smallest absolute Gasteiger partial charge is 0.256 e. The summed E-state index contributed by atoms with van der Waals surface area (Å²) < 4.78 is 2.29. The van der Waals surface area contributed by atoms with Crippen molar-refractivity contribution in [2.24, 2.45) is 16.2 Å². The van der Waals surface area contributed by atoms with E-state index in [0.29, 0.717) is 0 Å². The minimum Gasteiger partial charge on any atom is -0.256 e. The summed E-state index contributed by atoms with van der Waals surface area (Å²) in [6, 6.07) is 113. The first-order chi connectivity index (χ1) is 59.2. The van der Waals surface area contributed by atoms with E-state index < -0.39 is 0 Å². The fourth-order valence-corrected chi connectivity index (χ4v) is 21.8. The lowest BCUT2D eigenvalue weighted by Gasteiger charge is -2.44. The molecule has 3 aliphatic carbocycles. The summed E-state index contributed by atoms with van der Waals surface area (Å²) in [5.41, 5.74) is 43.6. The van der Waals surface area contributed by atoms with Crippen LogP contribution in [-0.2, 0) is 39.0 Å². The predicted octanol–water partition coefficient (Wildman–Crippen LogP) is 30.7. The van der Waals surface area contributed by atoms with Crippen LogP contribution in [0.3, 0.4) is 0 Å². The van der Waals surface area contributed by atoms with Gasteiger partial charge in [0, 0.05) is 74.7 Å². The largest absolute Gasteiger partial charge is 0.287 e. The van der Waals surface area contributed by atoms with E-state index in [2.05, 4.69) is 451 Å². The molecule has 610 valence electrons. The van der Waals surface area contributed by atoms with Crippen molar-refractivity contribution in [3.63, 3.8) is 0 Å². The number of fused-ring (bicyclic) bond motifs is 6. The summed E-state index contributed by atoms with van der Waals surface area (Å²) in [4.78, 5) is 20.9. The molecule has 0 saturated heterocycles. The zero-order chi connectivity index (χ0) is 86.2. The lowest BCUT2D eigenvalue weighted by molar-refractivity contribution is -0.675. The van der Waals surface area contributed by atoms with Crippen LogP contribution < -0.4 is 4.57 Å². The van der Waals surface area contributed by atoms with E-state index in [9.17, 15) is 0 Å². The monoisotopic (exact) mass is 1610 g/mol. The molecule has 0 amide bonds. The van der Waals surface area contributed by atoms with E-state index in [1.807, 2.05) is 6.33 Å². The Morgan fingerprint density at radius 1 is 0.194 bits per heavy atom. The third kappa shape index (κ3) is 12.2.